The van der Waals surface area contributed by atoms with Crippen LogP contribution >= 0.6 is 11.6 Å². The van der Waals surface area contributed by atoms with E-state index in [1.165, 1.54) is 7.11 Å². The van der Waals surface area contributed by atoms with Crippen molar-refractivity contribution in [3.8, 4) is 0 Å². The van der Waals surface area contributed by atoms with Gasteiger partial charge in [0.2, 0.25) is 5.91 Å². The molecule has 0 radical (unpaired) electrons. The summed E-state index contributed by atoms with van der Waals surface area (Å²) in [6.45, 7) is 4.30. The van der Waals surface area contributed by atoms with Crippen LogP contribution in [0, 0.1) is 5.92 Å². The van der Waals surface area contributed by atoms with Crippen molar-refractivity contribution < 1.29 is 19.1 Å². The fourth-order valence-corrected chi connectivity index (χ4v) is 2.37. The van der Waals surface area contributed by atoms with E-state index < -0.39 is 12.0 Å². The maximum atomic E-state index is 12.0. The van der Waals surface area contributed by atoms with Gasteiger partial charge in [-0.3, -0.25) is 9.59 Å². The molecule has 1 atom stereocenters. The Morgan fingerprint density at radius 1 is 1.16 bits per heavy atom. The van der Waals surface area contributed by atoms with Gasteiger partial charge in [0.25, 0.3) is 5.91 Å². The standard InChI is InChI=1S/C18H25ClN2O4/c1-12(2)11-15(18(24)25-3)21-16(22)5-4-10-20-17(23)13-6-8-14(19)9-7-13/h6-9,12,15H,4-5,10-11H2,1-3H3,(H,20,23)(H,21,22)/t15-/m1/s1. The molecule has 0 aromatic heterocycles. The largest absolute Gasteiger partial charge is 0.467 e. The first kappa shape index (κ1) is 21.0. The minimum absolute atomic E-state index is 0.215. The molecule has 0 saturated heterocycles. The highest BCUT2D eigenvalue weighted by Crippen LogP contribution is 2.09. The average Bonchev–Trinajstić information content (AvgIpc) is 2.57. The van der Waals surface area contributed by atoms with Crippen LogP contribution in [0.4, 0.5) is 0 Å². The zero-order valence-corrected chi connectivity index (χ0v) is 15.6. The Morgan fingerprint density at radius 2 is 1.80 bits per heavy atom. The number of carbonyl (C=O) groups is 3. The quantitative estimate of drug-likeness (QED) is 0.518. The number of nitrogens with one attached hydrogen (secondary N) is 2. The van der Waals surface area contributed by atoms with Crippen molar-refractivity contribution >= 4 is 29.4 Å². The molecular weight excluding hydrogens is 344 g/mol. The van der Waals surface area contributed by atoms with Crippen LogP contribution in [0.5, 0.6) is 0 Å². The van der Waals surface area contributed by atoms with Gasteiger partial charge in [0.1, 0.15) is 6.04 Å². The van der Waals surface area contributed by atoms with Crippen molar-refractivity contribution in [2.24, 2.45) is 5.92 Å². The second kappa shape index (κ2) is 10.7. The Labute approximate surface area is 153 Å². The first-order valence-electron chi connectivity index (χ1n) is 8.24. The van der Waals surface area contributed by atoms with Gasteiger partial charge in [-0.05, 0) is 43.0 Å². The van der Waals surface area contributed by atoms with Gasteiger partial charge in [0, 0.05) is 23.6 Å². The van der Waals surface area contributed by atoms with E-state index in [0.717, 1.165) is 0 Å². The van der Waals surface area contributed by atoms with Gasteiger partial charge in [-0.1, -0.05) is 25.4 Å². The molecule has 0 aliphatic carbocycles. The van der Waals surface area contributed by atoms with Crippen LogP contribution in [0.3, 0.4) is 0 Å². The van der Waals surface area contributed by atoms with Crippen molar-refractivity contribution in [1.29, 1.82) is 0 Å². The highest BCUT2D eigenvalue weighted by molar-refractivity contribution is 6.30. The van der Waals surface area contributed by atoms with Gasteiger partial charge in [0.05, 0.1) is 7.11 Å². The molecule has 25 heavy (non-hydrogen) atoms. The lowest BCUT2D eigenvalue weighted by Gasteiger charge is -2.18. The summed E-state index contributed by atoms with van der Waals surface area (Å²) in [4.78, 5) is 35.6. The summed E-state index contributed by atoms with van der Waals surface area (Å²) in [5.41, 5.74) is 0.511. The molecule has 1 aromatic rings. The van der Waals surface area contributed by atoms with Crippen molar-refractivity contribution in [3.05, 3.63) is 34.9 Å². The van der Waals surface area contributed by atoms with Crippen LogP contribution in [0.1, 0.15) is 43.5 Å². The van der Waals surface area contributed by atoms with Crippen molar-refractivity contribution in [3.63, 3.8) is 0 Å². The van der Waals surface area contributed by atoms with Crippen molar-refractivity contribution in [1.82, 2.24) is 10.6 Å². The maximum absolute atomic E-state index is 12.0. The van der Waals surface area contributed by atoms with Crippen LogP contribution in [0.15, 0.2) is 24.3 Å². The van der Waals surface area contributed by atoms with E-state index in [1.54, 1.807) is 24.3 Å². The summed E-state index contributed by atoms with van der Waals surface area (Å²) in [6, 6.07) is 5.92. The zero-order valence-electron chi connectivity index (χ0n) is 14.8. The Bertz CT molecular complexity index is 587. The van der Waals surface area contributed by atoms with Crippen molar-refractivity contribution in [2.45, 2.75) is 39.2 Å². The van der Waals surface area contributed by atoms with Gasteiger partial charge >= 0.3 is 5.97 Å². The fraction of sp³-hybridized carbons (Fsp3) is 0.500. The number of hydrogen-bond donors (Lipinski definition) is 2. The fourth-order valence-electron chi connectivity index (χ4n) is 2.25. The van der Waals surface area contributed by atoms with E-state index in [4.69, 9.17) is 16.3 Å². The molecule has 0 unspecified atom stereocenters. The third-order valence-electron chi connectivity index (χ3n) is 3.50. The summed E-state index contributed by atoms with van der Waals surface area (Å²) in [6.07, 6.45) is 1.21. The third kappa shape index (κ3) is 8.03. The molecule has 0 spiro atoms. The number of carbonyl (C=O) groups excluding carboxylic acids is 3. The predicted octanol–water partition coefficient (Wildman–Crippen LogP) is 2.55. The molecule has 6 nitrogen and oxygen atoms in total. The number of amides is 2. The second-order valence-corrected chi connectivity index (χ2v) is 6.58. The van der Waals surface area contributed by atoms with E-state index in [-0.39, 0.29) is 24.2 Å². The van der Waals surface area contributed by atoms with Gasteiger partial charge in [-0.2, -0.15) is 0 Å². The predicted molar refractivity (Wildman–Crippen MR) is 96.4 cm³/mol. The molecule has 0 aliphatic rings. The van der Waals surface area contributed by atoms with Crippen LogP contribution in [-0.4, -0.2) is 37.5 Å². The molecule has 1 rings (SSSR count). The second-order valence-electron chi connectivity index (χ2n) is 6.14. The van der Waals surface area contributed by atoms with Gasteiger partial charge in [0.15, 0.2) is 0 Å². The number of benzene rings is 1. The van der Waals surface area contributed by atoms with Crippen LogP contribution in [0.25, 0.3) is 0 Å². The lowest BCUT2D eigenvalue weighted by atomic mass is 10.0. The first-order chi connectivity index (χ1) is 11.8. The molecule has 1 aromatic carbocycles. The summed E-state index contributed by atoms with van der Waals surface area (Å²) >= 11 is 5.77. The number of hydrogen-bond acceptors (Lipinski definition) is 4. The van der Waals surface area contributed by atoms with Crippen LogP contribution < -0.4 is 10.6 Å². The highest BCUT2D eigenvalue weighted by Gasteiger charge is 2.22. The number of methoxy groups -OCH3 is 1. The Balaban J connectivity index is 2.34. The van der Waals surface area contributed by atoms with Gasteiger partial charge < -0.3 is 15.4 Å². The van der Waals surface area contributed by atoms with Crippen molar-refractivity contribution in [2.75, 3.05) is 13.7 Å². The number of halogens is 1. The summed E-state index contributed by atoms with van der Waals surface area (Å²) < 4.78 is 4.71. The number of rotatable bonds is 9. The summed E-state index contributed by atoms with van der Waals surface area (Å²) in [7, 11) is 1.30. The topological polar surface area (TPSA) is 84.5 Å². The number of ether oxygens (including phenoxy) is 1. The summed E-state index contributed by atoms with van der Waals surface area (Å²) in [5, 5.41) is 5.99. The molecule has 2 amide bonds. The van der Waals surface area contributed by atoms with E-state index >= 15 is 0 Å². The highest BCUT2D eigenvalue weighted by atomic mass is 35.5. The zero-order chi connectivity index (χ0) is 18.8. The molecule has 2 N–H and O–H groups in total. The SMILES string of the molecule is COC(=O)[C@@H](CC(C)C)NC(=O)CCCNC(=O)c1ccc(Cl)cc1. The minimum atomic E-state index is -0.638. The van der Waals surface area contributed by atoms with Crippen LogP contribution in [-0.2, 0) is 14.3 Å². The molecular formula is C18H25ClN2O4. The molecule has 0 fully saturated rings. The third-order valence-corrected chi connectivity index (χ3v) is 3.75. The molecule has 0 saturated carbocycles. The molecule has 7 heteroatoms. The molecule has 0 heterocycles. The lowest BCUT2D eigenvalue weighted by Crippen LogP contribution is -2.42. The summed E-state index contributed by atoms with van der Waals surface area (Å²) in [5.74, 6) is -0.651. The van der Waals surface area contributed by atoms with E-state index in [1.807, 2.05) is 13.8 Å². The smallest absolute Gasteiger partial charge is 0.328 e. The Kier molecular flexibility index (Phi) is 8.99. The first-order valence-corrected chi connectivity index (χ1v) is 8.62. The lowest BCUT2D eigenvalue weighted by molar-refractivity contribution is -0.145. The monoisotopic (exact) mass is 368 g/mol. The molecule has 0 aliphatic heterocycles. The molecule has 138 valence electrons. The molecule has 0 bridgehead atoms. The Morgan fingerprint density at radius 3 is 2.36 bits per heavy atom. The minimum Gasteiger partial charge on any atom is -0.467 e. The normalized spacial score (nSPS) is 11.7. The number of esters is 1. The van der Waals surface area contributed by atoms with E-state index in [9.17, 15) is 14.4 Å². The van der Waals surface area contributed by atoms with Gasteiger partial charge in [-0.15, -0.1) is 0 Å². The Hall–Kier alpha value is -2.08. The van der Waals surface area contributed by atoms with E-state index in [2.05, 4.69) is 10.6 Å². The van der Waals surface area contributed by atoms with Gasteiger partial charge in [-0.25, -0.2) is 4.79 Å². The average molecular weight is 369 g/mol. The maximum Gasteiger partial charge on any atom is 0.328 e. The van der Waals surface area contributed by atoms with E-state index in [0.29, 0.717) is 30.0 Å². The van der Waals surface area contributed by atoms with Crippen LogP contribution in [0.2, 0.25) is 5.02 Å².